The molecule has 172 valence electrons. The molecule has 10 heteroatoms. The lowest BCUT2D eigenvalue weighted by Crippen LogP contribution is -2.48. The van der Waals surface area contributed by atoms with Crippen molar-refractivity contribution in [3.63, 3.8) is 0 Å². The first kappa shape index (κ1) is 22.1. The molecule has 0 atom stereocenters. The van der Waals surface area contributed by atoms with Gasteiger partial charge in [-0.2, -0.15) is 26.3 Å². The van der Waals surface area contributed by atoms with Crippen LogP contribution in [0.15, 0.2) is 36.4 Å². The Morgan fingerprint density at radius 1 is 0.636 bits per heavy atom. The van der Waals surface area contributed by atoms with E-state index in [0.29, 0.717) is 20.8 Å². The average Bonchev–Trinajstić information content (AvgIpc) is 3.22. The van der Waals surface area contributed by atoms with E-state index in [1.165, 1.54) is 50.2 Å². The molecular formula is C23H16F6N2S2. The van der Waals surface area contributed by atoms with Crippen molar-refractivity contribution in [1.82, 2.24) is 0 Å². The van der Waals surface area contributed by atoms with Gasteiger partial charge in [0.2, 0.25) is 0 Å². The average molecular weight is 499 g/mol. The molecule has 4 aromatic rings. The largest absolute Gasteiger partial charge is 0.399 e. The van der Waals surface area contributed by atoms with Gasteiger partial charge in [0.1, 0.15) is 0 Å². The Morgan fingerprint density at radius 2 is 1.00 bits per heavy atom. The molecule has 2 nitrogen and oxygen atoms in total. The molecule has 0 fully saturated rings. The van der Waals surface area contributed by atoms with Crippen LogP contribution in [0.25, 0.3) is 31.3 Å². The Balaban J connectivity index is 1.98. The molecule has 0 saturated heterocycles. The van der Waals surface area contributed by atoms with Gasteiger partial charge in [-0.05, 0) is 38.1 Å². The highest BCUT2D eigenvalue weighted by molar-refractivity contribution is 7.19. The predicted octanol–water partition coefficient (Wildman–Crippen LogP) is 7.73. The van der Waals surface area contributed by atoms with Crippen LogP contribution in [0, 0.1) is 13.8 Å². The van der Waals surface area contributed by atoms with Crippen LogP contribution in [-0.4, -0.2) is 17.8 Å². The number of allylic oxidation sites excluding steroid dienone is 2. The number of hydrogen-bond donors (Lipinski definition) is 2. The highest BCUT2D eigenvalue weighted by atomic mass is 32.1. The number of fused-ring (bicyclic) bond motifs is 2. The Kier molecular flexibility index (Phi) is 4.46. The fourth-order valence-corrected chi connectivity index (χ4v) is 6.72. The van der Waals surface area contributed by atoms with Crippen LogP contribution in [0.3, 0.4) is 0 Å². The van der Waals surface area contributed by atoms with Crippen LogP contribution >= 0.6 is 22.7 Å². The molecule has 33 heavy (non-hydrogen) atoms. The maximum Gasteiger partial charge on any atom is 0.380 e. The lowest BCUT2D eigenvalue weighted by atomic mass is 9.91. The van der Waals surface area contributed by atoms with Crippen molar-refractivity contribution in [3.8, 4) is 0 Å². The van der Waals surface area contributed by atoms with Crippen LogP contribution in [0.4, 0.5) is 37.7 Å². The Hall–Kier alpha value is -2.72. The van der Waals surface area contributed by atoms with Crippen molar-refractivity contribution >= 4 is 65.4 Å². The van der Waals surface area contributed by atoms with E-state index in [4.69, 9.17) is 11.5 Å². The van der Waals surface area contributed by atoms with Gasteiger partial charge in [0.05, 0.1) is 0 Å². The van der Waals surface area contributed by atoms with E-state index in [9.17, 15) is 8.78 Å². The van der Waals surface area contributed by atoms with Crippen LogP contribution in [0.1, 0.15) is 20.9 Å². The second-order valence-electron chi connectivity index (χ2n) is 8.05. The SMILES string of the molecule is Cc1sc2cc(N)ccc2c1C1=C(c2c(C)sc3cc(N)ccc23)C(F)(F)C(F)(F)C1(F)F. The number of halogens is 6. The van der Waals surface area contributed by atoms with Crippen molar-refractivity contribution < 1.29 is 26.3 Å². The number of anilines is 2. The van der Waals surface area contributed by atoms with Gasteiger partial charge in [-0.25, -0.2) is 0 Å². The zero-order valence-electron chi connectivity index (χ0n) is 17.2. The Morgan fingerprint density at radius 3 is 1.36 bits per heavy atom. The van der Waals surface area contributed by atoms with Gasteiger partial charge >= 0.3 is 17.8 Å². The normalized spacial score (nSPS) is 19.2. The maximum absolute atomic E-state index is 15.3. The maximum atomic E-state index is 15.3. The monoisotopic (exact) mass is 498 g/mol. The summed E-state index contributed by atoms with van der Waals surface area (Å²) in [6.07, 6.45) is 0. The van der Waals surface area contributed by atoms with Crippen molar-refractivity contribution in [2.75, 3.05) is 11.5 Å². The third-order valence-electron chi connectivity index (χ3n) is 5.95. The first-order valence-electron chi connectivity index (χ1n) is 9.75. The number of hydrogen-bond acceptors (Lipinski definition) is 4. The van der Waals surface area contributed by atoms with Crippen LogP contribution in [-0.2, 0) is 0 Å². The molecule has 4 N–H and O–H groups in total. The van der Waals surface area contributed by atoms with Crippen molar-refractivity contribution in [2.24, 2.45) is 0 Å². The highest BCUT2D eigenvalue weighted by Crippen LogP contribution is 2.67. The molecule has 0 amide bonds. The molecular weight excluding hydrogens is 482 g/mol. The summed E-state index contributed by atoms with van der Waals surface area (Å²) in [5, 5.41) is 0.350. The molecule has 0 saturated carbocycles. The molecule has 5 rings (SSSR count). The number of thiophene rings is 2. The smallest absolute Gasteiger partial charge is 0.380 e. The molecule has 1 aliphatic carbocycles. The van der Waals surface area contributed by atoms with Gasteiger partial charge in [-0.1, -0.05) is 12.1 Å². The zero-order chi connectivity index (χ0) is 24.1. The summed E-state index contributed by atoms with van der Waals surface area (Å²) in [5.74, 6) is -15.8. The summed E-state index contributed by atoms with van der Waals surface area (Å²) >= 11 is 2.08. The number of benzene rings is 2. The lowest BCUT2D eigenvalue weighted by Gasteiger charge is -2.26. The van der Waals surface area contributed by atoms with Gasteiger partial charge < -0.3 is 11.5 Å². The minimum absolute atomic E-state index is 0.175. The van der Waals surface area contributed by atoms with Gasteiger partial charge in [0.25, 0.3) is 0 Å². The summed E-state index contributed by atoms with van der Waals surface area (Å²) < 4.78 is 91.9. The van der Waals surface area contributed by atoms with Gasteiger partial charge in [-0.15, -0.1) is 22.7 Å². The second-order valence-corrected chi connectivity index (χ2v) is 10.6. The molecule has 0 spiro atoms. The molecule has 2 heterocycles. The summed E-state index contributed by atoms with van der Waals surface area (Å²) in [7, 11) is 0. The van der Waals surface area contributed by atoms with Gasteiger partial charge in [-0.3, -0.25) is 0 Å². The van der Waals surface area contributed by atoms with E-state index in [2.05, 4.69) is 0 Å². The molecule has 0 radical (unpaired) electrons. The summed E-state index contributed by atoms with van der Waals surface area (Å²) in [6, 6.07) is 8.67. The number of rotatable bonds is 2. The minimum atomic E-state index is -5.62. The summed E-state index contributed by atoms with van der Waals surface area (Å²) in [6.45, 7) is 2.90. The number of nitrogen functional groups attached to an aromatic ring is 2. The second kappa shape index (κ2) is 6.66. The first-order chi connectivity index (χ1) is 15.3. The van der Waals surface area contributed by atoms with Gasteiger partial charge in [0.15, 0.2) is 0 Å². The first-order valence-corrected chi connectivity index (χ1v) is 11.4. The highest BCUT2D eigenvalue weighted by Gasteiger charge is 2.80. The lowest BCUT2D eigenvalue weighted by molar-refractivity contribution is -0.254. The summed E-state index contributed by atoms with van der Waals surface area (Å²) in [5.41, 5.74) is 8.94. The van der Waals surface area contributed by atoms with Crippen molar-refractivity contribution in [1.29, 1.82) is 0 Å². The van der Waals surface area contributed by atoms with Crippen LogP contribution < -0.4 is 11.5 Å². The van der Waals surface area contributed by atoms with Gasteiger partial charge in [0, 0.05) is 63.6 Å². The minimum Gasteiger partial charge on any atom is -0.399 e. The third kappa shape index (κ3) is 2.73. The molecule has 2 aromatic heterocycles. The number of nitrogens with two attached hydrogens (primary N) is 2. The molecule has 2 aromatic carbocycles. The standard InChI is InChI=1S/C23H16F6N2S2/c1-9-17(13-5-3-11(30)7-15(13)32-9)19-20(22(26,27)23(28,29)21(19,24)25)18-10(2)33-16-8-12(31)4-6-14(16)18/h3-8H,30-31H2,1-2H3. The quantitative estimate of drug-likeness (QED) is 0.220. The van der Waals surface area contributed by atoms with E-state index < -0.39 is 28.9 Å². The fraction of sp³-hybridized carbons (Fsp3) is 0.217. The van der Waals surface area contributed by atoms with Crippen molar-refractivity contribution in [2.45, 2.75) is 31.6 Å². The van der Waals surface area contributed by atoms with E-state index in [1.807, 2.05) is 0 Å². The van der Waals surface area contributed by atoms with Crippen molar-refractivity contribution in [3.05, 3.63) is 57.3 Å². The van der Waals surface area contributed by atoms with E-state index in [-0.39, 0.29) is 31.7 Å². The number of alkyl halides is 6. The van der Waals surface area contributed by atoms with Crippen LogP contribution in [0.5, 0.6) is 0 Å². The predicted molar refractivity (Wildman–Crippen MR) is 124 cm³/mol. The van der Waals surface area contributed by atoms with Crippen LogP contribution in [0.2, 0.25) is 0 Å². The molecule has 1 aliphatic rings. The zero-order valence-corrected chi connectivity index (χ0v) is 18.8. The Labute approximate surface area is 192 Å². The van der Waals surface area contributed by atoms with E-state index in [0.717, 1.165) is 22.7 Å². The third-order valence-corrected chi connectivity index (χ3v) is 8.08. The topological polar surface area (TPSA) is 52.0 Å². The van der Waals surface area contributed by atoms with E-state index in [1.54, 1.807) is 0 Å². The molecule has 0 bridgehead atoms. The fourth-order valence-electron chi connectivity index (χ4n) is 4.48. The molecule has 0 aliphatic heterocycles. The van der Waals surface area contributed by atoms with E-state index >= 15 is 17.6 Å². The molecule has 0 unspecified atom stereocenters. The Bertz CT molecular complexity index is 1390. The number of aryl methyl sites for hydroxylation is 2. The summed E-state index contributed by atoms with van der Waals surface area (Å²) in [4.78, 5) is 0.440.